The Morgan fingerprint density at radius 3 is 2.45 bits per heavy atom. The molecule has 1 amide bonds. The summed E-state index contributed by atoms with van der Waals surface area (Å²) in [6.07, 6.45) is 0. The van der Waals surface area contributed by atoms with E-state index in [1.807, 2.05) is 12.1 Å². The first kappa shape index (κ1) is 18.9. The van der Waals surface area contributed by atoms with Gasteiger partial charge in [0.05, 0.1) is 18.0 Å². The molecule has 7 nitrogen and oxygen atoms in total. The second-order valence-electron chi connectivity index (χ2n) is 7.17. The van der Waals surface area contributed by atoms with Gasteiger partial charge in [-0.3, -0.25) is 19.0 Å². The highest BCUT2D eigenvalue weighted by molar-refractivity contribution is 5.92. The molecule has 7 heteroatoms. The van der Waals surface area contributed by atoms with Crippen LogP contribution in [0.5, 0.6) is 5.75 Å². The van der Waals surface area contributed by atoms with Gasteiger partial charge in [0.1, 0.15) is 23.7 Å². The van der Waals surface area contributed by atoms with Crippen molar-refractivity contribution in [2.45, 2.75) is 32.5 Å². The molecule has 0 unspecified atom stereocenters. The summed E-state index contributed by atoms with van der Waals surface area (Å²) in [4.78, 5) is 44.9. The number of carbonyl (C=O) groups excluding carboxylic acids is 2. The molecule has 29 heavy (non-hydrogen) atoms. The molecule has 1 aromatic heterocycles. The van der Waals surface area contributed by atoms with Crippen molar-refractivity contribution in [1.82, 2.24) is 14.5 Å². The largest absolute Gasteiger partial charge is 0.497 e. The van der Waals surface area contributed by atoms with Crippen LogP contribution in [0.15, 0.2) is 53.3 Å². The number of methoxy groups -OCH3 is 1. The van der Waals surface area contributed by atoms with Crippen molar-refractivity contribution in [3.8, 4) is 5.75 Å². The SMILES string of the molecule is COc1ccc(CN2C(=O)[C@H](C)n3c(nc4ccccc4c3=O)[C@@H]2C(C)=O)cc1. The van der Waals surface area contributed by atoms with E-state index in [0.717, 1.165) is 5.56 Å². The van der Waals surface area contributed by atoms with E-state index in [4.69, 9.17) is 4.74 Å². The second kappa shape index (κ2) is 7.16. The predicted molar refractivity (Wildman–Crippen MR) is 108 cm³/mol. The van der Waals surface area contributed by atoms with Crippen molar-refractivity contribution < 1.29 is 14.3 Å². The molecule has 0 bridgehead atoms. The Kier molecular flexibility index (Phi) is 4.66. The minimum absolute atomic E-state index is 0.236. The van der Waals surface area contributed by atoms with Gasteiger partial charge in [0.15, 0.2) is 5.78 Å². The summed E-state index contributed by atoms with van der Waals surface area (Å²) < 4.78 is 6.54. The zero-order valence-electron chi connectivity index (χ0n) is 16.5. The molecule has 2 heterocycles. The van der Waals surface area contributed by atoms with Crippen LogP contribution in [0.1, 0.15) is 37.3 Å². The maximum absolute atomic E-state index is 13.2. The van der Waals surface area contributed by atoms with E-state index < -0.39 is 12.1 Å². The first-order chi connectivity index (χ1) is 13.9. The molecule has 0 fully saturated rings. The van der Waals surface area contributed by atoms with Gasteiger partial charge in [-0.2, -0.15) is 0 Å². The summed E-state index contributed by atoms with van der Waals surface area (Å²) in [6, 6.07) is 12.6. The number of benzene rings is 2. The number of aromatic nitrogens is 2. The van der Waals surface area contributed by atoms with Gasteiger partial charge in [0.25, 0.3) is 5.56 Å². The lowest BCUT2D eigenvalue weighted by Gasteiger charge is -2.38. The lowest BCUT2D eigenvalue weighted by atomic mass is 10.0. The van der Waals surface area contributed by atoms with Crippen molar-refractivity contribution in [2.24, 2.45) is 0 Å². The van der Waals surface area contributed by atoms with Gasteiger partial charge in [-0.05, 0) is 43.7 Å². The van der Waals surface area contributed by atoms with E-state index in [1.54, 1.807) is 50.4 Å². The first-order valence-corrected chi connectivity index (χ1v) is 9.37. The molecule has 1 aliphatic rings. The zero-order valence-corrected chi connectivity index (χ0v) is 16.5. The van der Waals surface area contributed by atoms with Gasteiger partial charge in [0.2, 0.25) is 5.91 Å². The number of ketones is 1. The first-order valence-electron chi connectivity index (χ1n) is 9.37. The molecule has 148 valence electrons. The van der Waals surface area contributed by atoms with Crippen LogP contribution in [0.2, 0.25) is 0 Å². The Bertz CT molecular complexity index is 1170. The van der Waals surface area contributed by atoms with Crippen LogP contribution < -0.4 is 10.3 Å². The van der Waals surface area contributed by atoms with E-state index in [0.29, 0.717) is 22.5 Å². The molecule has 0 saturated heterocycles. The Morgan fingerprint density at radius 1 is 1.10 bits per heavy atom. The fourth-order valence-corrected chi connectivity index (χ4v) is 3.85. The summed E-state index contributed by atoms with van der Waals surface area (Å²) in [5.74, 6) is 0.490. The average molecular weight is 391 g/mol. The minimum Gasteiger partial charge on any atom is -0.497 e. The molecule has 4 rings (SSSR count). The van der Waals surface area contributed by atoms with Crippen LogP contribution >= 0.6 is 0 Å². The Morgan fingerprint density at radius 2 is 1.79 bits per heavy atom. The average Bonchev–Trinajstić information content (AvgIpc) is 2.72. The monoisotopic (exact) mass is 391 g/mol. The van der Waals surface area contributed by atoms with Crippen LogP contribution in [0.25, 0.3) is 10.9 Å². The van der Waals surface area contributed by atoms with Crippen molar-refractivity contribution >= 4 is 22.6 Å². The lowest BCUT2D eigenvalue weighted by Crippen LogP contribution is -2.50. The van der Waals surface area contributed by atoms with Gasteiger partial charge in [-0.1, -0.05) is 24.3 Å². The molecule has 3 aromatic rings. The van der Waals surface area contributed by atoms with Crippen LogP contribution in [0, 0.1) is 0 Å². The van der Waals surface area contributed by atoms with E-state index in [2.05, 4.69) is 4.98 Å². The number of carbonyl (C=O) groups is 2. The molecule has 0 spiro atoms. The molecule has 0 N–H and O–H groups in total. The Balaban J connectivity index is 1.85. The van der Waals surface area contributed by atoms with Crippen LogP contribution in [0.4, 0.5) is 0 Å². The number of hydrogen-bond acceptors (Lipinski definition) is 5. The van der Waals surface area contributed by atoms with Crippen molar-refractivity contribution in [2.75, 3.05) is 7.11 Å². The van der Waals surface area contributed by atoms with Crippen LogP contribution in [-0.4, -0.2) is 33.3 Å². The van der Waals surface area contributed by atoms with Gasteiger partial charge in [-0.25, -0.2) is 4.98 Å². The quantitative estimate of drug-likeness (QED) is 0.683. The number of ether oxygens (including phenoxy) is 1. The van der Waals surface area contributed by atoms with Crippen molar-refractivity contribution in [1.29, 1.82) is 0 Å². The fourth-order valence-electron chi connectivity index (χ4n) is 3.85. The summed E-state index contributed by atoms with van der Waals surface area (Å²) >= 11 is 0. The molecule has 1 aliphatic heterocycles. The highest BCUT2D eigenvalue weighted by atomic mass is 16.5. The molecular weight excluding hydrogens is 370 g/mol. The number of hydrogen-bond donors (Lipinski definition) is 0. The summed E-state index contributed by atoms with van der Waals surface area (Å²) in [7, 11) is 1.58. The standard InChI is InChI=1S/C22H21N3O4/c1-13-21(27)24(12-15-8-10-16(29-3)11-9-15)19(14(2)26)20-23-18-7-5-4-6-17(18)22(28)25(13)20/h4-11,13,19H,12H2,1-3H3/t13-,19-/m0/s1. The highest BCUT2D eigenvalue weighted by Gasteiger charge is 2.41. The number of para-hydroxylation sites is 1. The third-order valence-corrected chi connectivity index (χ3v) is 5.32. The van der Waals surface area contributed by atoms with Crippen molar-refractivity contribution in [3.05, 3.63) is 70.3 Å². The Hall–Kier alpha value is -3.48. The molecule has 0 aliphatic carbocycles. The maximum Gasteiger partial charge on any atom is 0.262 e. The number of rotatable bonds is 4. The second-order valence-corrected chi connectivity index (χ2v) is 7.17. The van der Waals surface area contributed by atoms with Crippen LogP contribution in [0.3, 0.4) is 0 Å². The third kappa shape index (κ3) is 3.08. The van der Waals surface area contributed by atoms with E-state index in [9.17, 15) is 14.4 Å². The number of Topliss-reactive ketones (excluding diaryl/α,β-unsaturated/α-hetero) is 1. The summed E-state index contributed by atoms with van der Waals surface area (Å²) in [5.41, 5.74) is 1.07. The maximum atomic E-state index is 13.2. The molecule has 2 aromatic carbocycles. The molecule has 2 atom stereocenters. The normalized spacial score (nSPS) is 18.6. The number of amides is 1. The summed E-state index contributed by atoms with van der Waals surface area (Å²) in [6.45, 7) is 3.32. The number of fused-ring (bicyclic) bond motifs is 2. The number of nitrogens with zero attached hydrogens (tertiary/aromatic N) is 3. The van der Waals surface area contributed by atoms with Gasteiger partial charge >= 0.3 is 0 Å². The van der Waals surface area contributed by atoms with E-state index >= 15 is 0 Å². The van der Waals surface area contributed by atoms with Gasteiger partial charge in [-0.15, -0.1) is 0 Å². The molecular formula is C22H21N3O4. The van der Waals surface area contributed by atoms with E-state index in [1.165, 1.54) is 16.4 Å². The van der Waals surface area contributed by atoms with Gasteiger partial charge < -0.3 is 9.64 Å². The minimum atomic E-state index is -0.918. The zero-order chi connectivity index (χ0) is 20.7. The smallest absolute Gasteiger partial charge is 0.262 e. The summed E-state index contributed by atoms with van der Waals surface area (Å²) in [5, 5.41) is 0.432. The highest BCUT2D eigenvalue weighted by Crippen LogP contribution is 2.32. The van der Waals surface area contributed by atoms with Crippen molar-refractivity contribution in [3.63, 3.8) is 0 Å². The third-order valence-electron chi connectivity index (χ3n) is 5.32. The lowest BCUT2D eigenvalue weighted by molar-refractivity contribution is -0.145. The fraction of sp³-hybridized carbons (Fsp3) is 0.273. The Labute approximate surface area is 167 Å². The van der Waals surface area contributed by atoms with Crippen LogP contribution in [-0.2, 0) is 16.1 Å². The predicted octanol–water partition coefficient (Wildman–Crippen LogP) is 2.64. The van der Waals surface area contributed by atoms with Gasteiger partial charge in [0, 0.05) is 6.54 Å². The topological polar surface area (TPSA) is 81.5 Å². The molecule has 0 radical (unpaired) electrons. The molecule has 0 saturated carbocycles. The van der Waals surface area contributed by atoms with E-state index in [-0.39, 0.29) is 23.8 Å².